The Balaban J connectivity index is 2.55. The van der Waals surface area contributed by atoms with E-state index in [0.717, 1.165) is 10.6 Å². The van der Waals surface area contributed by atoms with Gasteiger partial charge in [0.2, 0.25) is 0 Å². The van der Waals surface area contributed by atoms with Crippen LogP contribution in [0.4, 0.5) is 0 Å². The molecule has 1 N–H and O–H groups in total. The SMILES string of the molecule is COC(=O)C(CCSc1cc(Cl)ccc1Cl)NC(C)C. The maximum absolute atomic E-state index is 11.7. The highest BCUT2D eigenvalue weighted by Crippen LogP contribution is 2.30. The number of thioether (sulfide) groups is 1. The minimum absolute atomic E-state index is 0.221. The third-order valence-corrected chi connectivity index (χ3v) is 4.34. The Morgan fingerprint density at radius 1 is 1.40 bits per heavy atom. The van der Waals surface area contributed by atoms with Crippen molar-refractivity contribution in [3.63, 3.8) is 0 Å². The molecule has 0 aliphatic rings. The van der Waals surface area contributed by atoms with Gasteiger partial charge in [0, 0.05) is 21.7 Å². The number of methoxy groups -OCH3 is 1. The lowest BCUT2D eigenvalue weighted by molar-refractivity contribution is -0.143. The number of ether oxygens (including phenoxy) is 1. The lowest BCUT2D eigenvalue weighted by Crippen LogP contribution is -2.41. The monoisotopic (exact) mass is 335 g/mol. The van der Waals surface area contributed by atoms with Crippen molar-refractivity contribution in [2.75, 3.05) is 12.9 Å². The number of hydrogen-bond donors (Lipinski definition) is 1. The van der Waals surface area contributed by atoms with Crippen molar-refractivity contribution in [2.45, 2.75) is 37.2 Å². The van der Waals surface area contributed by atoms with E-state index in [4.69, 9.17) is 27.9 Å². The fourth-order valence-corrected chi connectivity index (χ4v) is 3.20. The Bertz CT molecular complexity index is 455. The van der Waals surface area contributed by atoms with Gasteiger partial charge in [-0.05, 0) is 24.6 Å². The molecule has 0 saturated heterocycles. The number of benzene rings is 1. The van der Waals surface area contributed by atoms with Crippen molar-refractivity contribution in [3.8, 4) is 0 Å². The molecule has 0 saturated carbocycles. The predicted octanol–water partition coefficient (Wildman–Crippen LogP) is 4.02. The molecule has 0 aliphatic carbocycles. The van der Waals surface area contributed by atoms with Crippen molar-refractivity contribution in [1.82, 2.24) is 5.32 Å². The second-order valence-corrected chi connectivity index (χ2v) is 6.59. The minimum atomic E-state index is -0.301. The zero-order valence-corrected chi connectivity index (χ0v) is 14.1. The summed E-state index contributed by atoms with van der Waals surface area (Å²) in [7, 11) is 1.40. The van der Waals surface area contributed by atoms with E-state index in [-0.39, 0.29) is 18.1 Å². The molecule has 6 heteroatoms. The summed E-state index contributed by atoms with van der Waals surface area (Å²) in [6.45, 7) is 3.99. The first kappa shape index (κ1) is 17.6. The van der Waals surface area contributed by atoms with Gasteiger partial charge in [-0.1, -0.05) is 37.0 Å². The summed E-state index contributed by atoms with van der Waals surface area (Å²) < 4.78 is 4.80. The number of esters is 1. The van der Waals surface area contributed by atoms with Gasteiger partial charge in [-0.25, -0.2) is 0 Å². The molecule has 0 amide bonds. The highest BCUT2D eigenvalue weighted by Gasteiger charge is 2.19. The first-order chi connectivity index (χ1) is 9.43. The molecule has 1 unspecified atom stereocenters. The summed E-state index contributed by atoms with van der Waals surface area (Å²) in [5.74, 6) is 0.510. The van der Waals surface area contributed by atoms with Crippen LogP contribution in [0, 0.1) is 0 Å². The molecule has 0 aromatic heterocycles. The summed E-state index contributed by atoms with van der Waals surface area (Å²) >= 11 is 13.6. The molecule has 1 atom stereocenters. The molecular weight excluding hydrogens is 317 g/mol. The summed E-state index contributed by atoms with van der Waals surface area (Å²) in [5.41, 5.74) is 0. The van der Waals surface area contributed by atoms with E-state index < -0.39 is 0 Å². The molecule has 0 heterocycles. The fraction of sp³-hybridized carbons (Fsp3) is 0.500. The van der Waals surface area contributed by atoms with E-state index in [2.05, 4.69) is 5.32 Å². The third kappa shape index (κ3) is 5.92. The molecule has 1 aromatic rings. The Morgan fingerprint density at radius 2 is 2.10 bits per heavy atom. The van der Waals surface area contributed by atoms with Crippen LogP contribution in [-0.2, 0) is 9.53 Å². The number of halogens is 2. The molecule has 112 valence electrons. The van der Waals surface area contributed by atoms with Crippen molar-refractivity contribution in [1.29, 1.82) is 0 Å². The van der Waals surface area contributed by atoms with Crippen LogP contribution in [-0.4, -0.2) is 30.9 Å². The highest BCUT2D eigenvalue weighted by atomic mass is 35.5. The van der Waals surface area contributed by atoms with Crippen LogP contribution in [0.15, 0.2) is 23.1 Å². The normalized spacial score (nSPS) is 12.5. The van der Waals surface area contributed by atoms with E-state index >= 15 is 0 Å². The first-order valence-electron chi connectivity index (χ1n) is 6.35. The molecule has 3 nitrogen and oxygen atoms in total. The van der Waals surface area contributed by atoms with Crippen LogP contribution in [0.25, 0.3) is 0 Å². The van der Waals surface area contributed by atoms with Gasteiger partial charge in [-0.15, -0.1) is 11.8 Å². The van der Waals surface area contributed by atoms with Crippen LogP contribution in [0.1, 0.15) is 20.3 Å². The van der Waals surface area contributed by atoms with Crippen LogP contribution in [0.3, 0.4) is 0 Å². The van der Waals surface area contributed by atoms with Gasteiger partial charge in [-0.3, -0.25) is 4.79 Å². The van der Waals surface area contributed by atoms with Crippen molar-refractivity contribution < 1.29 is 9.53 Å². The molecule has 20 heavy (non-hydrogen) atoms. The zero-order chi connectivity index (χ0) is 15.1. The van der Waals surface area contributed by atoms with Gasteiger partial charge in [0.05, 0.1) is 12.1 Å². The van der Waals surface area contributed by atoms with Crippen molar-refractivity contribution in [3.05, 3.63) is 28.2 Å². The number of carbonyl (C=O) groups excluding carboxylic acids is 1. The number of nitrogens with one attached hydrogen (secondary N) is 1. The molecule has 0 radical (unpaired) electrons. The van der Waals surface area contributed by atoms with Crippen LogP contribution in [0.5, 0.6) is 0 Å². The molecule has 1 rings (SSSR count). The maximum atomic E-state index is 11.7. The first-order valence-corrected chi connectivity index (χ1v) is 8.10. The van der Waals surface area contributed by atoms with Crippen molar-refractivity contribution in [2.24, 2.45) is 0 Å². The summed E-state index contributed by atoms with van der Waals surface area (Å²) in [6, 6.07) is 5.28. The lowest BCUT2D eigenvalue weighted by atomic mass is 10.2. The van der Waals surface area contributed by atoms with Gasteiger partial charge >= 0.3 is 5.97 Å². The Kier molecular flexibility index (Phi) is 7.74. The summed E-state index contributed by atoms with van der Waals surface area (Å²) in [4.78, 5) is 12.6. The second-order valence-electron chi connectivity index (χ2n) is 4.61. The van der Waals surface area contributed by atoms with Gasteiger partial charge in [0.25, 0.3) is 0 Å². The van der Waals surface area contributed by atoms with Crippen molar-refractivity contribution >= 4 is 40.9 Å². The summed E-state index contributed by atoms with van der Waals surface area (Å²) in [6.07, 6.45) is 0.665. The molecule has 0 fully saturated rings. The third-order valence-electron chi connectivity index (χ3n) is 2.58. The topological polar surface area (TPSA) is 38.3 Å². The molecule has 0 aliphatic heterocycles. The van der Waals surface area contributed by atoms with E-state index in [1.54, 1.807) is 23.9 Å². The Labute approximate surface area is 134 Å². The van der Waals surface area contributed by atoms with Gasteiger partial charge in [0.1, 0.15) is 6.04 Å². The fourth-order valence-electron chi connectivity index (χ4n) is 1.69. The molecule has 0 bridgehead atoms. The number of hydrogen-bond acceptors (Lipinski definition) is 4. The predicted molar refractivity (Wildman–Crippen MR) is 85.9 cm³/mol. The molecule has 0 spiro atoms. The van der Waals surface area contributed by atoms with E-state index in [1.165, 1.54) is 7.11 Å². The standard InChI is InChI=1S/C14H19Cl2NO2S/c1-9(2)17-12(14(18)19-3)6-7-20-13-8-10(15)4-5-11(13)16/h4-5,8-9,12,17H,6-7H2,1-3H3. The largest absolute Gasteiger partial charge is 0.468 e. The minimum Gasteiger partial charge on any atom is -0.468 e. The smallest absolute Gasteiger partial charge is 0.322 e. The Morgan fingerprint density at radius 3 is 2.70 bits per heavy atom. The lowest BCUT2D eigenvalue weighted by Gasteiger charge is -2.18. The van der Waals surface area contributed by atoms with Crippen LogP contribution < -0.4 is 5.32 Å². The van der Waals surface area contributed by atoms with Gasteiger partial charge < -0.3 is 10.1 Å². The quantitative estimate of drug-likeness (QED) is 0.603. The summed E-state index contributed by atoms with van der Waals surface area (Å²) in [5, 5.41) is 4.52. The molecule has 1 aromatic carbocycles. The maximum Gasteiger partial charge on any atom is 0.322 e. The number of carbonyl (C=O) groups is 1. The average Bonchev–Trinajstić information content (AvgIpc) is 2.40. The Hall–Kier alpha value is -0.420. The molecular formula is C14H19Cl2NO2S. The highest BCUT2D eigenvalue weighted by molar-refractivity contribution is 7.99. The van der Waals surface area contributed by atoms with E-state index in [0.29, 0.717) is 16.5 Å². The number of rotatable bonds is 7. The second kappa shape index (κ2) is 8.78. The van der Waals surface area contributed by atoms with Gasteiger partial charge in [0.15, 0.2) is 0 Å². The van der Waals surface area contributed by atoms with E-state index in [1.807, 2.05) is 19.9 Å². The van der Waals surface area contributed by atoms with Crippen LogP contribution >= 0.6 is 35.0 Å². The van der Waals surface area contributed by atoms with E-state index in [9.17, 15) is 4.79 Å². The van der Waals surface area contributed by atoms with Gasteiger partial charge in [-0.2, -0.15) is 0 Å². The van der Waals surface area contributed by atoms with Crippen LogP contribution in [0.2, 0.25) is 10.0 Å². The zero-order valence-electron chi connectivity index (χ0n) is 11.8. The average molecular weight is 336 g/mol.